The summed E-state index contributed by atoms with van der Waals surface area (Å²) < 4.78 is 4.78. The van der Waals surface area contributed by atoms with Crippen LogP contribution in [0.4, 0.5) is 0 Å². The van der Waals surface area contributed by atoms with Crippen molar-refractivity contribution in [1.29, 1.82) is 0 Å². The Bertz CT molecular complexity index is 170. The van der Waals surface area contributed by atoms with E-state index in [-0.39, 0.29) is 26.1 Å². The first-order valence-corrected chi connectivity index (χ1v) is 3.18. The van der Waals surface area contributed by atoms with Crippen molar-refractivity contribution in [2.24, 2.45) is 0 Å². The molecule has 1 amide bonds. The molecule has 0 unspecified atom stereocenters. The van der Waals surface area contributed by atoms with Crippen molar-refractivity contribution < 1.29 is 19.4 Å². The van der Waals surface area contributed by atoms with Crippen LogP contribution in [-0.2, 0) is 14.3 Å². The van der Waals surface area contributed by atoms with Crippen LogP contribution in [0.5, 0.6) is 0 Å². The lowest BCUT2D eigenvalue weighted by molar-refractivity contribution is -0.142. The standard InChI is InChI=1S/C6H9NO4/c8-1-5(10)7-6(2-9)3-11-4-6/h1,9H,2-4H2,(H,7,10). The fraction of sp³-hybridized carbons (Fsp3) is 0.667. The summed E-state index contributed by atoms with van der Waals surface area (Å²) in [5, 5.41) is 11.1. The first-order valence-electron chi connectivity index (χ1n) is 3.18. The molecule has 1 aliphatic heterocycles. The van der Waals surface area contributed by atoms with Crippen molar-refractivity contribution in [2.45, 2.75) is 5.54 Å². The van der Waals surface area contributed by atoms with E-state index in [1.807, 2.05) is 0 Å². The zero-order chi connectivity index (χ0) is 8.32. The van der Waals surface area contributed by atoms with Gasteiger partial charge in [-0.25, -0.2) is 0 Å². The van der Waals surface area contributed by atoms with Gasteiger partial charge in [0, 0.05) is 0 Å². The molecular formula is C6H9NO4. The van der Waals surface area contributed by atoms with Gasteiger partial charge in [0.2, 0.25) is 6.29 Å². The average Bonchev–Trinajstić information content (AvgIpc) is 1.96. The van der Waals surface area contributed by atoms with E-state index in [4.69, 9.17) is 9.84 Å². The molecule has 62 valence electrons. The van der Waals surface area contributed by atoms with E-state index < -0.39 is 11.4 Å². The number of hydrogen-bond donors (Lipinski definition) is 2. The second kappa shape index (κ2) is 2.98. The van der Waals surface area contributed by atoms with E-state index in [0.717, 1.165) is 0 Å². The number of aliphatic hydroxyl groups is 1. The van der Waals surface area contributed by atoms with Gasteiger partial charge in [-0.1, -0.05) is 0 Å². The SMILES string of the molecule is O=CC(=O)NC1(CO)COC1. The van der Waals surface area contributed by atoms with Gasteiger partial charge < -0.3 is 15.2 Å². The maximum absolute atomic E-state index is 10.5. The third-order valence-corrected chi connectivity index (χ3v) is 1.55. The van der Waals surface area contributed by atoms with Crippen LogP contribution in [0.2, 0.25) is 0 Å². The van der Waals surface area contributed by atoms with Gasteiger partial charge in [-0.15, -0.1) is 0 Å². The topological polar surface area (TPSA) is 75.6 Å². The maximum atomic E-state index is 10.5. The lowest BCUT2D eigenvalue weighted by Crippen LogP contribution is -2.64. The molecule has 0 aromatic heterocycles. The monoisotopic (exact) mass is 159 g/mol. The second-order valence-corrected chi connectivity index (χ2v) is 2.54. The van der Waals surface area contributed by atoms with Gasteiger partial charge in [-0.2, -0.15) is 0 Å². The predicted octanol–water partition coefficient (Wildman–Crippen LogP) is -1.94. The van der Waals surface area contributed by atoms with Gasteiger partial charge in [0.25, 0.3) is 5.91 Å². The maximum Gasteiger partial charge on any atom is 0.284 e. The summed E-state index contributed by atoms with van der Waals surface area (Å²) in [4.78, 5) is 20.4. The number of amides is 1. The molecular weight excluding hydrogens is 150 g/mol. The molecule has 0 spiro atoms. The number of carbonyl (C=O) groups is 2. The molecule has 0 aromatic carbocycles. The van der Waals surface area contributed by atoms with Gasteiger partial charge >= 0.3 is 0 Å². The minimum Gasteiger partial charge on any atom is -0.394 e. The third-order valence-electron chi connectivity index (χ3n) is 1.55. The number of nitrogens with one attached hydrogen (secondary N) is 1. The second-order valence-electron chi connectivity index (χ2n) is 2.54. The predicted molar refractivity (Wildman–Crippen MR) is 34.8 cm³/mol. The molecule has 1 aliphatic rings. The molecule has 1 saturated heterocycles. The van der Waals surface area contributed by atoms with Gasteiger partial charge in [-0.3, -0.25) is 9.59 Å². The Morgan fingerprint density at radius 3 is 2.64 bits per heavy atom. The zero-order valence-corrected chi connectivity index (χ0v) is 5.87. The van der Waals surface area contributed by atoms with Crippen LogP contribution in [-0.4, -0.2) is 42.7 Å². The molecule has 2 N–H and O–H groups in total. The summed E-state index contributed by atoms with van der Waals surface area (Å²) in [5.41, 5.74) is -0.710. The van der Waals surface area contributed by atoms with E-state index in [1.165, 1.54) is 0 Å². The minimum atomic E-state index is -0.720. The number of aldehydes is 1. The molecule has 1 heterocycles. The molecule has 5 nitrogen and oxygen atoms in total. The summed E-state index contributed by atoms with van der Waals surface area (Å²) in [5.74, 6) is -0.720. The van der Waals surface area contributed by atoms with Crippen molar-refractivity contribution in [3.05, 3.63) is 0 Å². The van der Waals surface area contributed by atoms with Crippen LogP contribution < -0.4 is 5.32 Å². The van der Waals surface area contributed by atoms with E-state index in [2.05, 4.69) is 5.32 Å². The zero-order valence-electron chi connectivity index (χ0n) is 5.87. The Hall–Kier alpha value is -0.940. The van der Waals surface area contributed by atoms with Crippen LogP contribution >= 0.6 is 0 Å². The Morgan fingerprint density at radius 1 is 1.73 bits per heavy atom. The summed E-state index contributed by atoms with van der Waals surface area (Å²) in [7, 11) is 0. The number of aliphatic hydroxyl groups excluding tert-OH is 1. The van der Waals surface area contributed by atoms with Gasteiger partial charge in [0.15, 0.2) is 0 Å². The van der Waals surface area contributed by atoms with Crippen LogP contribution in [0.3, 0.4) is 0 Å². The minimum absolute atomic E-state index is 0.176. The van der Waals surface area contributed by atoms with E-state index >= 15 is 0 Å². The lowest BCUT2D eigenvalue weighted by atomic mass is 9.99. The normalized spacial score (nSPS) is 20.1. The highest BCUT2D eigenvalue weighted by molar-refractivity contribution is 6.23. The van der Waals surface area contributed by atoms with Crippen molar-refractivity contribution in [1.82, 2.24) is 5.32 Å². The molecule has 5 heteroatoms. The Balaban J connectivity index is 2.44. The molecule has 0 aliphatic carbocycles. The van der Waals surface area contributed by atoms with Crippen LogP contribution in [0.15, 0.2) is 0 Å². The van der Waals surface area contributed by atoms with Crippen molar-refractivity contribution >= 4 is 12.2 Å². The van der Waals surface area contributed by atoms with E-state index in [9.17, 15) is 9.59 Å². The van der Waals surface area contributed by atoms with Gasteiger partial charge in [0.1, 0.15) is 5.54 Å². The summed E-state index contributed by atoms with van der Waals surface area (Å²) >= 11 is 0. The smallest absolute Gasteiger partial charge is 0.284 e. The molecule has 11 heavy (non-hydrogen) atoms. The van der Waals surface area contributed by atoms with Gasteiger partial charge in [-0.05, 0) is 0 Å². The molecule has 0 aromatic rings. The quantitative estimate of drug-likeness (QED) is 0.371. The number of hydrogen-bond acceptors (Lipinski definition) is 4. The fourth-order valence-electron chi connectivity index (χ4n) is 0.842. The van der Waals surface area contributed by atoms with Crippen LogP contribution in [0, 0.1) is 0 Å². The first kappa shape index (κ1) is 8.16. The molecule has 0 saturated carbocycles. The van der Waals surface area contributed by atoms with Crippen molar-refractivity contribution in [2.75, 3.05) is 19.8 Å². The molecule has 1 fully saturated rings. The fourth-order valence-corrected chi connectivity index (χ4v) is 0.842. The highest BCUT2D eigenvalue weighted by atomic mass is 16.5. The largest absolute Gasteiger partial charge is 0.394 e. The summed E-state index contributed by atoms with van der Waals surface area (Å²) in [6.07, 6.45) is 0.176. The Labute approximate surface area is 63.3 Å². The van der Waals surface area contributed by atoms with Crippen LogP contribution in [0.25, 0.3) is 0 Å². The Morgan fingerprint density at radius 2 is 2.36 bits per heavy atom. The van der Waals surface area contributed by atoms with Gasteiger partial charge in [0.05, 0.1) is 19.8 Å². The summed E-state index contributed by atoms with van der Waals surface area (Å²) in [6, 6.07) is 0. The van der Waals surface area contributed by atoms with Crippen molar-refractivity contribution in [3.8, 4) is 0 Å². The van der Waals surface area contributed by atoms with E-state index in [0.29, 0.717) is 0 Å². The highest BCUT2D eigenvalue weighted by Crippen LogP contribution is 2.14. The lowest BCUT2D eigenvalue weighted by Gasteiger charge is -2.39. The first-order chi connectivity index (χ1) is 5.22. The third kappa shape index (κ3) is 1.55. The van der Waals surface area contributed by atoms with Crippen LogP contribution in [0.1, 0.15) is 0 Å². The Kier molecular flexibility index (Phi) is 2.21. The van der Waals surface area contributed by atoms with E-state index in [1.54, 1.807) is 0 Å². The molecule has 0 bridgehead atoms. The number of carbonyl (C=O) groups excluding carboxylic acids is 2. The summed E-state index contributed by atoms with van der Waals surface area (Å²) in [6.45, 7) is 0.332. The molecule has 1 rings (SSSR count). The average molecular weight is 159 g/mol. The number of ether oxygens (including phenoxy) is 1. The molecule has 0 atom stereocenters. The highest BCUT2D eigenvalue weighted by Gasteiger charge is 2.39. The number of rotatable bonds is 3. The van der Waals surface area contributed by atoms with Crippen molar-refractivity contribution in [3.63, 3.8) is 0 Å². The molecule has 0 radical (unpaired) electrons.